The molecule has 0 atom stereocenters. The smallest absolute Gasteiger partial charge is 0.349 e. The van der Waals surface area contributed by atoms with Crippen LogP contribution in [0, 0.1) is 0 Å². The first-order chi connectivity index (χ1) is 11.7. The summed E-state index contributed by atoms with van der Waals surface area (Å²) >= 11 is 0. The summed E-state index contributed by atoms with van der Waals surface area (Å²) < 4.78 is 12.6. The molecule has 0 N–H and O–H groups in total. The summed E-state index contributed by atoms with van der Waals surface area (Å²) in [5.74, 6) is 0.172. The normalized spacial score (nSPS) is 10.2. The molecule has 24 heavy (non-hydrogen) atoms. The van der Waals surface area contributed by atoms with Crippen molar-refractivity contribution in [2.24, 2.45) is 0 Å². The van der Waals surface area contributed by atoms with Crippen molar-refractivity contribution in [3.05, 3.63) is 53.9 Å². The first-order valence-electron chi connectivity index (χ1n) is 8.02. The second kappa shape index (κ2) is 8.82. The van der Waals surface area contributed by atoms with Gasteiger partial charge >= 0.3 is 5.97 Å². The van der Waals surface area contributed by atoms with Crippen molar-refractivity contribution >= 4 is 12.3 Å². The molecular weight excluding hydrogens is 306 g/mol. The second-order valence-corrected chi connectivity index (χ2v) is 5.46. The minimum absolute atomic E-state index is 0.287. The highest BCUT2D eigenvalue weighted by atomic mass is 16.6. The van der Waals surface area contributed by atoms with Crippen molar-refractivity contribution in [1.82, 2.24) is 0 Å². The Bertz CT molecular complexity index is 712. The van der Waals surface area contributed by atoms with Gasteiger partial charge in [0.05, 0.1) is 7.11 Å². The predicted octanol–water partition coefficient (Wildman–Crippen LogP) is 3.20. The van der Waals surface area contributed by atoms with Crippen LogP contribution >= 0.6 is 0 Å². The summed E-state index contributed by atoms with van der Waals surface area (Å²) in [6.07, 6.45) is 7.81. The first kappa shape index (κ1) is 17.7. The Kier molecular flexibility index (Phi) is 6.49. The SMILES string of the molecule is CCCCC[n+]1cccc(C(=O)Oc2ccc(C=O)cc2OC)c1. The number of hydrogen-bond acceptors (Lipinski definition) is 4. The maximum absolute atomic E-state index is 12.4. The summed E-state index contributed by atoms with van der Waals surface area (Å²) in [5, 5.41) is 0. The van der Waals surface area contributed by atoms with Gasteiger partial charge < -0.3 is 9.47 Å². The third kappa shape index (κ3) is 4.65. The van der Waals surface area contributed by atoms with Gasteiger partial charge in [0, 0.05) is 18.1 Å². The number of aryl methyl sites for hydroxylation is 1. The molecule has 0 saturated carbocycles. The van der Waals surface area contributed by atoms with Gasteiger partial charge in [-0.05, 0) is 30.7 Å². The molecule has 0 aliphatic heterocycles. The number of aldehydes is 1. The highest BCUT2D eigenvalue weighted by Crippen LogP contribution is 2.28. The van der Waals surface area contributed by atoms with E-state index >= 15 is 0 Å². The maximum atomic E-state index is 12.4. The van der Waals surface area contributed by atoms with E-state index in [1.165, 1.54) is 13.2 Å². The lowest BCUT2D eigenvalue weighted by atomic mass is 10.2. The van der Waals surface area contributed by atoms with E-state index in [-0.39, 0.29) is 5.75 Å². The lowest BCUT2D eigenvalue weighted by Crippen LogP contribution is -2.34. The zero-order chi connectivity index (χ0) is 17.4. The first-order valence-corrected chi connectivity index (χ1v) is 8.02. The number of aromatic nitrogens is 1. The van der Waals surface area contributed by atoms with E-state index in [0.717, 1.165) is 25.8 Å². The van der Waals surface area contributed by atoms with Crippen LogP contribution in [0.25, 0.3) is 0 Å². The Morgan fingerprint density at radius 2 is 2.04 bits per heavy atom. The molecule has 2 aromatic rings. The molecular formula is C19H22NO4+. The van der Waals surface area contributed by atoms with E-state index in [1.54, 1.807) is 24.4 Å². The van der Waals surface area contributed by atoms with Crippen LogP contribution in [0.5, 0.6) is 11.5 Å². The maximum Gasteiger partial charge on any atom is 0.349 e. The number of ether oxygens (including phenoxy) is 2. The third-order valence-electron chi connectivity index (χ3n) is 3.64. The van der Waals surface area contributed by atoms with Crippen LogP contribution in [0.2, 0.25) is 0 Å². The topological polar surface area (TPSA) is 56.5 Å². The van der Waals surface area contributed by atoms with Crippen molar-refractivity contribution in [3.8, 4) is 11.5 Å². The summed E-state index contributed by atoms with van der Waals surface area (Å²) in [7, 11) is 1.46. The van der Waals surface area contributed by atoms with E-state index < -0.39 is 5.97 Å². The molecule has 0 radical (unpaired) electrons. The number of esters is 1. The number of benzene rings is 1. The van der Waals surface area contributed by atoms with Gasteiger partial charge in [-0.15, -0.1) is 0 Å². The van der Waals surface area contributed by atoms with Crippen molar-refractivity contribution in [2.75, 3.05) is 7.11 Å². The number of pyridine rings is 1. The minimum atomic E-state index is -0.461. The van der Waals surface area contributed by atoms with Gasteiger partial charge in [-0.3, -0.25) is 4.79 Å². The Hall–Kier alpha value is -2.69. The van der Waals surface area contributed by atoms with E-state index in [2.05, 4.69) is 6.92 Å². The van der Waals surface area contributed by atoms with Gasteiger partial charge in [-0.1, -0.05) is 13.3 Å². The van der Waals surface area contributed by atoms with Crippen LogP contribution in [-0.4, -0.2) is 19.4 Å². The average molecular weight is 328 g/mol. The molecule has 0 spiro atoms. The van der Waals surface area contributed by atoms with Gasteiger partial charge in [0.25, 0.3) is 0 Å². The number of methoxy groups -OCH3 is 1. The summed E-state index contributed by atoms with van der Waals surface area (Å²) in [4.78, 5) is 23.2. The lowest BCUT2D eigenvalue weighted by Gasteiger charge is -2.09. The Balaban J connectivity index is 2.12. The molecule has 0 aliphatic carbocycles. The van der Waals surface area contributed by atoms with E-state index in [0.29, 0.717) is 23.2 Å². The lowest BCUT2D eigenvalue weighted by molar-refractivity contribution is -0.697. The Morgan fingerprint density at radius 3 is 2.75 bits per heavy atom. The molecule has 2 rings (SSSR count). The Morgan fingerprint density at radius 1 is 1.21 bits per heavy atom. The van der Waals surface area contributed by atoms with Crippen LogP contribution < -0.4 is 14.0 Å². The second-order valence-electron chi connectivity index (χ2n) is 5.46. The number of nitrogens with zero attached hydrogens (tertiary/aromatic N) is 1. The van der Waals surface area contributed by atoms with Crippen LogP contribution in [-0.2, 0) is 6.54 Å². The highest BCUT2D eigenvalue weighted by Gasteiger charge is 2.16. The van der Waals surface area contributed by atoms with Gasteiger partial charge in [-0.25, -0.2) is 9.36 Å². The van der Waals surface area contributed by atoms with Gasteiger partial charge in [0.15, 0.2) is 23.9 Å². The molecule has 1 aromatic carbocycles. The molecule has 1 heterocycles. The standard InChI is InChI=1S/C19H22NO4/c1-3-4-5-10-20-11-6-7-16(13-20)19(22)24-17-9-8-15(14-21)12-18(17)23-2/h6-9,11-14H,3-5,10H2,1-2H3/q+1. The van der Waals surface area contributed by atoms with Crippen molar-refractivity contribution in [1.29, 1.82) is 0 Å². The predicted molar refractivity (Wildman–Crippen MR) is 89.5 cm³/mol. The van der Waals surface area contributed by atoms with Crippen molar-refractivity contribution < 1.29 is 23.6 Å². The molecule has 0 amide bonds. The van der Waals surface area contributed by atoms with Gasteiger partial charge in [0.1, 0.15) is 18.4 Å². The van der Waals surface area contributed by atoms with Crippen LogP contribution in [0.3, 0.4) is 0 Å². The number of hydrogen-bond donors (Lipinski definition) is 0. The largest absolute Gasteiger partial charge is 0.493 e. The minimum Gasteiger partial charge on any atom is -0.493 e. The molecule has 0 unspecified atom stereocenters. The van der Waals surface area contributed by atoms with Gasteiger partial charge in [0.2, 0.25) is 0 Å². The molecule has 5 nitrogen and oxygen atoms in total. The van der Waals surface area contributed by atoms with Crippen LogP contribution in [0.4, 0.5) is 0 Å². The number of unbranched alkanes of at least 4 members (excludes halogenated alkanes) is 2. The van der Waals surface area contributed by atoms with E-state index in [1.807, 2.05) is 16.8 Å². The van der Waals surface area contributed by atoms with Crippen molar-refractivity contribution in [3.63, 3.8) is 0 Å². The monoisotopic (exact) mass is 328 g/mol. The highest BCUT2D eigenvalue weighted by molar-refractivity contribution is 5.91. The average Bonchev–Trinajstić information content (AvgIpc) is 2.62. The fraction of sp³-hybridized carbons (Fsp3) is 0.316. The number of carbonyl (C=O) groups is 2. The van der Waals surface area contributed by atoms with Gasteiger partial charge in [-0.2, -0.15) is 0 Å². The van der Waals surface area contributed by atoms with E-state index in [4.69, 9.17) is 9.47 Å². The molecule has 0 fully saturated rings. The number of carbonyl (C=O) groups excluding carboxylic acids is 2. The van der Waals surface area contributed by atoms with Crippen LogP contribution in [0.1, 0.15) is 46.9 Å². The summed E-state index contributed by atoms with van der Waals surface area (Å²) in [6.45, 7) is 3.02. The molecule has 0 bridgehead atoms. The summed E-state index contributed by atoms with van der Waals surface area (Å²) in [6, 6.07) is 8.21. The quantitative estimate of drug-likeness (QED) is 0.245. The third-order valence-corrected chi connectivity index (χ3v) is 3.64. The summed E-state index contributed by atoms with van der Waals surface area (Å²) in [5.41, 5.74) is 0.927. The molecule has 1 aromatic heterocycles. The van der Waals surface area contributed by atoms with Crippen molar-refractivity contribution in [2.45, 2.75) is 32.7 Å². The molecule has 0 saturated heterocycles. The zero-order valence-corrected chi connectivity index (χ0v) is 14.0. The van der Waals surface area contributed by atoms with E-state index in [9.17, 15) is 9.59 Å². The molecule has 0 aliphatic rings. The molecule has 126 valence electrons. The van der Waals surface area contributed by atoms with Crippen LogP contribution in [0.15, 0.2) is 42.7 Å². The Labute approximate surface area is 141 Å². The fourth-order valence-electron chi connectivity index (χ4n) is 2.33. The molecule has 5 heteroatoms. The number of rotatable bonds is 8. The fourth-order valence-corrected chi connectivity index (χ4v) is 2.33. The zero-order valence-electron chi connectivity index (χ0n) is 14.0.